The number of Topliss-reactive ketones (excluding diaryl/α,β-unsaturated/α-hetero) is 1. The van der Waals surface area contributed by atoms with E-state index in [1.54, 1.807) is 6.92 Å². The Labute approximate surface area is 148 Å². The van der Waals surface area contributed by atoms with Gasteiger partial charge in [-0.25, -0.2) is 4.98 Å². The minimum atomic E-state index is -0.231. The van der Waals surface area contributed by atoms with Crippen molar-refractivity contribution in [3.63, 3.8) is 0 Å². The summed E-state index contributed by atoms with van der Waals surface area (Å²) >= 11 is 0. The minimum Gasteiger partial charge on any atom is -0.441 e. The van der Waals surface area contributed by atoms with Crippen LogP contribution < -0.4 is 5.32 Å². The molecule has 0 unspecified atom stereocenters. The van der Waals surface area contributed by atoms with E-state index in [1.807, 2.05) is 31.2 Å². The van der Waals surface area contributed by atoms with Crippen LogP contribution in [0.1, 0.15) is 43.7 Å². The molecule has 1 amide bonds. The lowest BCUT2D eigenvalue weighted by Crippen LogP contribution is -2.27. The lowest BCUT2D eigenvalue weighted by atomic mass is 10.1. The van der Waals surface area contributed by atoms with Crippen LogP contribution in [-0.4, -0.2) is 23.2 Å². The van der Waals surface area contributed by atoms with Crippen molar-refractivity contribution in [3.05, 3.63) is 41.3 Å². The van der Waals surface area contributed by atoms with Gasteiger partial charge in [0.2, 0.25) is 11.8 Å². The Morgan fingerprint density at radius 2 is 1.84 bits per heavy atom. The summed E-state index contributed by atoms with van der Waals surface area (Å²) < 4.78 is 5.67. The van der Waals surface area contributed by atoms with Gasteiger partial charge in [0.25, 0.3) is 0 Å². The molecule has 134 valence electrons. The molecular formula is C20H26N2O3. The van der Waals surface area contributed by atoms with Crippen molar-refractivity contribution in [2.24, 2.45) is 5.92 Å². The van der Waals surface area contributed by atoms with Crippen LogP contribution in [0.2, 0.25) is 0 Å². The Balaban J connectivity index is 1.93. The Hall–Kier alpha value is -2.43. The molecule has 2 rings (SSSR count). The van der Waals surface area contributed by atoms with E-state index in [2.05, 4.69) is 24.1 Å². The maximum absolute atomic E-state index is 12.1. The molecule has 1 heterocycles. The average Bonchev–Trinajstić information content (AvgIpc) is 2.88. The maximum atomic E-state index is 12.1. The predicted octanol–water partition coefficient (Wildman–Crippen LogP) is 3.62. The van der Waals surface area contributed by atoms with Crippen LogP contribution in [-0.2, 0) is 16.0 Å². The first kappa shape index (κ1) is 18.9. The standard InChI is InChI=1S/C20H26N2O3/c1-13(2)9-10-21-19(24)12-17(23)11-18-15(4)25-20(22-18)16-7-5-14(3)6-8-16/h5-8,13H,9-12H2,1-4H3,(H,21,24). The zero-order chi connectivity index (χ0) is 18.4. The number of ketones is 1. The third-order valence-electron chi connectivity index (χ3n) is 3.96. The van der Waals surface area contributed by atoms with Gasteiger partial charge in [0.1, 0.15) is 11.5 Å². The molecule has 0 radical (unpaired) electrons. The van der Waals surface area contributed by atoms with Gasteiger partial charge in [-0.05, 0) is 38.3 Å². The van der Waals surface area contributed by atoms with Gasteiger partial charge in [-0.2, -0.15) is 0 Å². The second-order valence-electron chi connectivity index (χ2n) is 6.81. The van der Waals surface area contributed by atoms with Crippen LogP contribution in [0, 0.1) is 19.8 Å². The topological polar surface area (TPSA) is 72.2 Å². The molecule has 0 aliphatic heterocycles. The molecule has 5 heteroatoms. The molecule has 0 atom stereocenters. The Morgan fingerprint density at radius 1 is 1.16 bits per heavy atom. The molecule has 1 N–H and O–H groups in total. The van der Waals surface area contributed by atoms with E-state index in [9.17, 15) is 9.59 Å². The first-order valence-electron chi connectivity index (χ1n) is 8.67. The number of rotatable bonds is 8. The van der Waals surface area contributed by atoms with Gasteiger partial charge in [-0.3, -0.25) is 9.59 Å². The summed E-state index contributed by atoms with van der Waals surface area (Å²) in [4.78, 5) is 28.3. The molecule has 0 fully saturated rings. The number of nitrogens with one attached hydrogen (secondary N) is 1. The van der Waals surface area contributed by atoms with Crippen molar-refractivity contribution in [3.8, 4) is 11.5 Å². The zero-order valence-corrected chi connectivity index (χ0v) is 15.4. The lowest BCUT2D eigenvalue weighted by molar-refractivity contribution is -0.127. The fraction of sp³-hybridized carbons (Fsp3) is 0.450. The molecule has 0 spiro atoms. The number of aromatic nitrogens is 1. The maximum Gasteiger partial charge on any atom is 0.227 e. The summed E-state index contributed by atoms with van der Waals surface area (Å²) in [6, 6.07) is 7.85. The minimum absolute atomic E-state index is 0.110. The largest absolute Gasteiger partial charge is 0.441 e. The summed E-state index contributed by atoms with van der Waals surface area (Å²) in [5.74, 6) is 1.25. The van der Waals surface area contributed by atoms with E-state index in [-0.39, 0.29) is 24.5 Å². The first-order chi connectivity index (χ1) is 11.8. The van der Waals surface area contributed by atoms with Gasteiger partial charge in [-0.1, -0.05) is 31.5 Å². The van der Waals surface area contributed by atoms with E-state index in [1.165, 1.54) is 0 Å². The highest BCUT2D eigenvalue weighted by Gasteiger charge is 2.16. The Bertz CT molecular complexity index is 730. The van der Waals surface area contributed by atoms with Crippen LogP contribution in [0.4, 0.5) is 0 Å². The number of hydrogen-bond acceptors (Lipinski definition) is 4. The van der Waals surface area contributed by atoms with Crippen molar-refractivity contribution in [1.29, 1.82) is 0 Å². The number of nitrogens with zero attached hydrogens (tertiary/aromatic N) is 1. The summed E-state index contributed by atoms with van der Waals surface area (Å²) in [6.07, 6.45) is 0.894. The SMILES string of the molecule is Cc1ccc(-c2nc(CC(=O)CC(=O)NCCC(C)C)c(C)o2)cc1. The highest BCUT2D eigenvalue weighted by Crippen LogP contribution is 2.22. The molecule has 2 aromatic rings. The van der Waals surface area contributed by atoms with Crippen LogP contribution in [0.25, 0.3) is 11.5 Å². The number of amides is 1. The summed E-state index contributed by atoms with van der Waals surface area (Å²) in [5.41, 5.74) is 2.63. The van der Waals surface area contributed by atoms with E-state index in [4.69, 9.17) is 4.42 Å². The Kier molecular flexibility index (Phi) is 6.51. The van der Waals surface area contributed by atoms with Crippen molar-refractivity contribution in [2.45, 2.75) is 47.0 Å². The number of benzene rings is 1. The molecule has 1 aromatic heterocycles. The van der Waals surface area contributed by atoms with Crippen LogP contribution >= 0.6 is 0 Å². The molecule has 5 nitrogen and oxygen atoms in total. The molecule has 1 aromatic carbocycles. The van der Waals surface area contributed by atoms with Crippen LogP contribution in [0.5, 0.6) is 0 Å². The van der Waals surface area contributed by atoms with Crippen molar-refractivity contribution in [2.75, 3.05) is 6.54 Å². The monoisotopic (exact) mass is 342 g/mol. The number of hydrogen-bond donors (Lipinski definition) is 1. The molecule has 0 aliphatic rings. The zero-order valence-electron chi connectivity index (χ0n) is 15.4. The van der Waals surface area contributed by atoms with Gasteiger partial charge >= 0.3 is 0 Å². The van der Waals surface area contributed by atoms with Gasteiger partial charge < -0.3 is 9.73 Å². The Morgan fingerprint density at radius 3 is 2.48 bits per heavy atom. The molecule has 0 bridgehead atoms. The highest BCUT2D eigenvalue weighted by atomic mass is 16.4. The second kappa shape index (κ2) is 8.60. The molecule has 0 saturated heterocycles. The number of aryl methyl sites for hydroxylation is 2. The molecule has 0 saturated carbocycles. The van der Waals surface area contributed by atoms with Crippen molar-refractivity contribution >= 4 is 11.7 Å². The number of carbonyl (C=O) groups is 2. The smallest absolute Gasteiger partial charge is 0.227 e. The van der Waals surface area contributed by atoms with E-state index < -0.39 is 0 Å². The van der Waals surface area contributed by atoms with Crippen LogP contribution in [0.15, 0.2) is 28.7 Å². The first-order valence-corrected chi connectivity index (χ1v) is 8.67. The second-order valence-corrected chi connectivity index (χ2v) is 6.81. The van der Waals surface area contributed by atoms with Gasteiger partial charge in [-0.15, -0.1) is 0 Å². The number of oxazole rings is 1. The van der Waals surface area contributed by atoms with Gasteiger partial charge in [0.05, 0.1) is 18.5 Å². The van der Waals surface area contributed by atoms with Crippen molar-refractivity contribution < 1.29 is 14.0 Å². The highest BCUT2D eigenvalue weighted by molar-refractivity contribution is 5.98. The van der Waals surface area contributed by atoms with E-state index in [0.29, 0.717) is 29.8 Å². The fourth-order valence-electron chi connectivity index (χ4n) is 2.40. The third-order valence-corrected chi connectivity index (χ3v) is 3.96. The summed E-state index contributed by atoms with van der Waals surface area (Å²) in [7, 11) is 0. The average molecular weight is 342 g/mol. The third kappa shape index (κ3) is 5.85. The fourth-order valence-corrected chi connectivity index (χ4v) is 2.40. The molecular weight excluding hydrogens is 316 g/mol. The van der Waals surface area contributed by atoms with E-state index >= 15 is 0 Å². The summed E-state index contributed by atoms with van der Waals surface area (Å²) in [5, 5.41) is 2.78. The lowest BCUT2D eigenvalue weighted by Gasteiger charge is -2.06. The number of carbonyl (C=O) groups excluding carboxylic acids is 2. The summed E-state index contributed by atoms with van der Waals surface area (Å²) in [6.45, 7) is 8.59. The predicted molar refractivity (Wildman–Crippen MR) is 97.2 cm³/mol. The van der Waals surface area contributed by atoms with Gasteiger partial charge in [0, 0.05) is 12.1 Å². The molecule has 25 heavy (non-hydrogen) atoms. The van der Waals surface area contributed by atoms with Crippen molar-refractivity contribution in [1.82, 2.24) is 10.3 Å². The van der Waals surface area contributed by atoms with Crippen LogP contribution in [0.3, 0.4) is 0 Å². The van der Waals surface area contributed by atoms with E-state index in [0.717, 1.165) is 17.5 Å². The molecule has 0 aliphatic carbocycles. The normalized spacial score (nSPS) is 10.9. The van der Waals surface area contributed by atoms with Gasteiger partial charge in [0.15, 0.2) is 0 Å². The quantitative estimate of drug-likeness (QED) is 0.744.